The summed E-state index contributed by atoms with van der Waals surface area (Å²) in [6.07, 6.45) is 0. The first-order valence-electron chi connectivity index (χ1n) is 2.66. The van der Waals surface area contributed by atoms with Gasteiger partial charge in [0.1, 0.15) is 5.75 Å². The van der Waals surface area contributed by atoms with Crippen LogP contribution in [0, 0.1) is 0 Å². The summed E-state index contributed by atoms with van der Waals surface area (Å²) in [7, 11) is 0. The zero-order chi connectivity index (χ0) is 7.30. The summed E-state index contributed by atoms with van der Waals surface area (Å²) in [6, 6.07) is 1.32. The van der Waals surface area contributed by atoms with E-state index < -0.39 is 0 Å². The van der Waals surface area contributed by atoms with Crippen molar-refractivity contribution >= 4 is 12.6 Å². The second-order valence-electron chi connectivity index (χ2n) is 2.02. The molecule has 52 valence electrons. The topological polar surface area (TPSA) is 49.7 Å². The molecule has 0 spiro atoms. The summed E-state index contributed by atoms with van der Waals surface area (Å²) in [4.78, 5) is 0.285. The molecule has 10 heavy (non-hydrogen) atoms. The molecule has 4 heteroatoms. The van der Waals surface area contributed by atoms with E-state index in [1.807, 2.05) is 0 Å². The highest BCUT2D eigenvalue weighted by molar-refractivity contribution is 7.80. The van der Waals surface area contributed by atoms with Gasteiger partial charge in [-0.1, -0.05) is 0 Å². The van der Waals surface area contributed by atoms with Gasteiger partial charge in [-0.3, -0.25) is 0 Å². The Morgan fingerprint density at radius 1 is 1.40 bits per heavy atom. The third-order valence-corrected chi connectivity index (χ3v) is 1.82. The standard InChI is InChI=1S/C6H4O3S/c7-2-1-3-4(8)5(9-3)6(2)10/h1,7-8,10H. The summed E-state index contributed by atoms with van der Waals surface area (Å²) in [6.45, 7) is 0. The van der Waals surface area contributed by atoms with Crippen molar-refractivity contribution in [3.05, 3.63) is 6.07 Å². The lowest BCUT2D eigenvalue weighted by Crippen LogP contribution is -1.97. The number of benzene rings is 1. The molecule has 2 heterocycles. The fourth-order valence-electron chi connectivity index (χ4n) is 0.839. The Balaban J connectivity index is 2.74. The lowest BCUT2D eigenvalue weighted by molar-refractivity contribution is 0.315. The zero-order valence-corrected chi connectivity index (χ0v) is 5.72. The van der Waals surface area contributed by atoms with E-state index in [2.05, 4.69) is 12.6 Å². The van der Waals surface area contributed by atoms with E-state index in [1.54, 1.807) is 0 Å². The van der Waals surface area contributed by atoms with Crippen LogP contribution in [-0.2, 0) is 0 Å². The number of rotatable bonds is 0. The lowest BCUT2D eigenvalue weighted by atomic mass is 10.2. The maximum atomic E-state index is 9.01. The Morgan fingerprint density at radius 3 is 2.50 bits per heavy atom. The average Bonchev–Trinajstić information content (AvgIpc) is 1.92. The lowest BCUT2D eigenvalue weighted by Gasteiger charge is -2.21. The highest BCUT2D eigenvalue weighted by Crippen LogP contribution is 2.56. The van der Waals surface area contributed by atoms with Crippen LogP contribution in [-0.4, -0.2) is 10.2 Å². The molecule has 1 aromatic rings. The van der Waals surface area contributed by atoms with Crippen molar-refractivity contribution in [1.29, 1.82) is 0 Å². The van der Waals surface area contributed by atoms with Crippen LogP contribution in [0.15, 0.2) is 11.0 Å². The predicted molar refractivity (Wildman–Crippen MR) is 37.1 cm³/mol. The third-order valence-electron chi connectivity index (χ3n) is 1.39. The zero-order valence-electron chi connectivity index (χ0n) is 4.83. The van der Waals surface area contributed by atoms with Gasteiger partial charge in [-0.05, 0) is 0 Å². The van der Waals surface area contributed by atoms with E-state index in [9.17, 15) is 0 Å². The molecule has 0 saturated carbocycles. The maximum Gasteiger partial charge on any atom is 0.203 e. The number of ether oxygens (including phenoxy) is 1. The van der Waals surface area contributed by atoms with Gasteiger partial charge >= 0.3 is 0 Å². The molecule has 2 aliphatic rings. The van der Waals surface area contributed by atoms with Crippen molar-refractivity contribution in [3.8, 4) is 23.0 Å². The number of aromatic hydroxyl groups is 2. The first-order chi connectivity index (χ1) is 4.70. The van der Waals surface area contributed by atoms with Gasteiger partial charge < -0.3 is 14.9 Å². The molecule has 2 bridgehead atoms. The van der Waals surface area contributed by atoms with Gasteiger partial charge in [0.25, 0.3) is 0 Å². The number of hydrogen-bond donors (Lipinski definition) is 3. The predicted octanol–water partition coefficient (Wildman–Crippen LogP) is 1.49. The van der Waals surface area contributed by atoms with E-state index in [0.29, 0.717) is 5.75 Å². The minimum Gasteiger partial charge on any atom is -0.506 e. The first kappa shape index (κ1) is 5.73. The SMILES string of the molecule is Oc1cc2c(O)c(c1S)O2. The van der Waals surface area contributed by atoms with Crippen molar-refractivity contribution in [3.63, 3.8) is 0 Å². The molecule has 0 saturated heterocycles. The van der Waals surface area contributed by atoms with Crippen LogP contribution in [0.5, 0.6) is 23.0 Å². The summed E-state index contributed by atoms with van der Waals surface area (Å²) in [5, 5.41) is 18.0. The Labute approximate surface area is 62.3 Å². The number of thiol groups is 1. The van der Waals surface area contributed by atoms with Crippen LogP contribution >= 0.6 is 12.6 Å². The summed E-state index contributed by atoms with van der Waals surface area (Å²) >= 11 is 3.89. The van der Waals surface area contributed by atoms with Gasteiger partial charge in [0.15, 0.2) is 11.5 Å². The van der Waals surface area contributed by atoms with Gasteiger partial charge in [-0.2, -0.15) is 0 Å². The molecule has 0 fully saturated rings. The normalized spacial score (nSPS) is 12.1. The molecule has 0 radical (unpaired) electrons. The minimum absolute atomic E-state index is 0.0392. The molecular formula is C6H4O3S. The highest BCUT2D eigenvalue weighted by Gasteiger charge is 2.27. The molecule has 0 aliphatic carbocycles. The van der Waals surface area contributed by atoms with E-state index in [0.717, 1.165) is 0 Å². The molecule has 3 rings (SSSR count). The van der Waals surface area contributed by atoms with Crippen molar-refractivity contribution in [2.75, 3.05) is 0 Å². The molecule has 0 aromatic heterocycles. The van der Waals surface area contributed by atoms with Crippen molar-refractivity contribution in [1.82, 2.24) is 0 Å². The van der Waals surface area contributed by atoms with Crippen LogP contribution in [0.3, 0.4) is 0 Å². The smallest absolute Gasteiger partial charge is 0.203 e. The van der Waals surface area contributed by atoms with E-state index in [-0.39, 0.29) is 22.1 Å². The molecule has 2 N–H and O–H groups in total. The number of hydrogen-bond acceptors (Lipinski definition) is 4. The first-order valence-corrected chi connectivity index (χ1v) is 3.10. The molecule has 0 atom stereocenters. The monoisotopic (exact) mass is 156 g/mol. The quantitative estimate of drug-likeness (QED) is 0.400. The summed E-state index contributed by atoms with van der Waals surface area (Å²) in [5.41, 5.74) is 0. The van der Waals surface area contributed by atoms with Crippen molar-refractivity contribution in [2.24, 2.45) is 0 Å². The fraction of sp³-hybridized carbons (Fsp3) is 0. The molecule has 0 amide bonds. The molecule has 1 aromatic carbocycles. The van der Waals surface area contributed by atoms with E-state index >= 15 is 0 Å². The maximum absolute atomic E-state index is 9.01. The van der Waals surface area contributed by atoms with Crippen molar-refractivity contribution in [2.45, 2.75) is 4.90 Å². The van der Waals surface area contributed by atoms with Crippen LogP contribution in [0.25, 0.3) is 0 Å². The van der Waals surface area contributed by atoms with Crippen LogP contribution in [0.2, 0.25) is 0 Å². The highest BCUT2D eigenvalue weighted by atomic mass is 32.1. The van der Waals surface area contributed by atoms with Gasteiger partial charge in [-0.15, -0.1) is 12.6 Å². The van der Waals surface area contributed by atoms with Gasteiger partial charge in [0.2, 0.25) is 5.75 Å². The van der Waals surface area contributed by atoms with Crippen molar-refractivity contribution < 1.29 is 14.9 Å². The second kappa shape index (κ2) is 1.52. The minimum atomic E-state index is 0.0392. The third kappa shape index (κ3) is 0.471. The Bertz CT molecular complexity index is 299. The van der Waals surface area contributed by atoms with Gasteiger partial charge in [-0.25, -0.2) is 0 Å². The van der Waals surface area contributed by atoms with Gasteiger partial charge in [0.05, 0.1) is 4.90 Å². The Kier molecular flexibility index (Phi) is 0.870. The number of fused-ring (bicyclic) bond motifs is 2. The number of phenolic OH excluding ortho intramolecular Hbond substituents is 2. The Hall–Kier alpha value is -1.03. The van der Waals surface area contributed by atoms with Crippen LogP contribution in [0.4, 0.5) is 0 Å². The molecule has 3 nitrogen and oxygen atoms in total. The molecule has 0 unspecified atom stereocenters. The number of phenols is 2. The van der Waals surface area contributed by atoms with E-state index in [1.165, 1.54) is 6.07 Å². The largest absolute Gasteiger partial charge is 0.506 e. The summed E-state index contributed by atoms with van der Waals surface area (Å²) < 4.78 is 4.87. The van der Waals surface area contributed by atoms with E-state index in [4.69, 9.17) is 14.9 Å². The Morgan fingerprint density at radius 2 is 2.10 bits per heavy atom. The fourth-order valence-corrected chi connectivity index (χ4v) is 1.06. The van der Waals surface area contributed by atoms with Crippen LogP contribution < -0.4 is 4.74 Å². The second-order valence-corrected chi connectivity index (χ2v) is 2.47. The summed E-state index contributed by atoms with van der Waals surface area (Å²) in [5.74, 6) is 0.684. The average molecular weight is 156 g/mol. The van der Waals surface area contributed by atoms with Gasteiger partial charge in [0, 0.05) is 6.07 Å². The van der Waals surface area contributed by atoms with Crippen LogP contribution in [0.1, 0.15) is 0 Å². The molecule has 2 aliphatic heterocycles. The molecular weight excluding hydrogens is 152 g/mol.